The number of H-pyrrole nitrogens is 2. The van der Waals surface area contributed by atoms with Gasteiger partial charge in [-0.1, -0.05) is 13.8 Å². The third-order valence-electron chi connectivity index (χ3n) is 4.31. The van der Waals surface area contributed by atoms with E-state index in [1.807, 2.05) is 19.9 Å². The maximum Gasteiger partial charge on any atom is 0.261 e. The van der Waals surface area contributed by atoms with Crippen LogP contribution in [0.5, 0.6) is 0 Å². The molecule has 2 N–H and O–H groups in total. The molecule has 1 atom stereocenters. The van der Waals surface area contributed by atoms with Crippen LogP contribution >= 0.6 is 0 Å². The Morgan fingerprint density at radius 2 is 2.22 bits per heavy atom. The molecule has 3 heterocycles. The van der Waals surface area contributed by atoms with Crippen LogP contribution in [0.2, 0.25) is 0 Å². The Balaban J connectivity index is 1.79. The summed E-state index contributed by atoms with van der Waals surface area (Å²) in [6.45, 7) is 5.22. The van der Waals surface area contributed by atoms with Gasteiger partial charge in [0.15, 0.2) is 0 Å². The van der Waals surface area contributed by atoms with Crippen LogP contribution in [0.3, 0.4) is 0 Å². The van der Waals surface area contributed by atoms with Gasteiger partial charge in [0.2, 0.25) is 0 Å². The summed E-state index contributed by atoms with van der Waals surface area (Å²) in [5.74, 6) is 0.944. The summed E-state index contributed by atoms with van der Waals surface area (Å²) in [5, 5.41) is 6.74. The highest BCUT2D eigenvalue weighted by atomic mass is 16.2. The summed E-state index contributed by atoms with van der Waals surface area (Å²) >= 11 is 0. The van der Waals surface area contributed by atoms with Crippen molar-refractivity contribution in [3.05, 3.63) is 45.9 Å². The van der Waals surface area contributed by atoms with Crippen LogP contribution in [0.4, 0.5) is 0 Å². The molecule has 122 valence electrons. The average molecular weight is 315 g/mol. The maximum absolute atomic E-state index is 12.7. The predicted octanol–water partition coefficient (Wildman–Crippen LogP) is 1.64. The third kappa shape index (κ3) is 3.18. The smallest absolute Gasteiger partial charge is 0.261 e. The van der Waals surface area contributed by atoms with E-state index in [0.29, 0.717) is 13.1 Å². The second-order valence-electron chi connectivity index (χ2n) is 6.27. The molecular formula is C16H21N5O2. The molecule has 0 spiro atoms. The minimum atomic E-state index is -0.317. The van der Waals surface area contributed by atoms with Crippen molar-refractivity contribution in [2.45, 2.75) is 38.5 Å². The van der Waals surface area contributed by atoms with Crippen molar-refractivity contribution in [3.8, 4) is 0 Å². The number of hydrogen-bond acceptors (Lipinski definition) is 4. The molecule has 3 rings (SSSR count). The summed E-state index contributed by atoms with van der Waals surface area (Å²) < 4.78 is 0. The molecule has 1 fully saturated rings. The Morgan fingerprint density at radius 1 is 1.39 bits per heavy atom. The number of amides is 1. The third-order valence-corrected chi connectivity index (χ3v) is 4.31. The van der Waals surface area contributed by atoms with Gasteiger partial charge in [-0.2, -0.15) is 5.10 Å². The van der Waals surface area contributed by atoms with Crippen LogP contribution in [0, 0.1) is 0 Å². The first-order valence-electron chi connectivity index (χ1n) is 7.94. The standard InChI is InChI=1S/C16H21N5O2/c1-10(2)13-6-5-12(15(22)19-13)16(23)21-7-3-4-11(8-21)14-17-9-18-20-14/h5-6,9-11H,3-4,7-8H2,1-2H3,(H,19,22)(H,17,18,20)/t11-/m0/s1. The second-order valence-corrected chi connectivity index (χ2v) is 6.27. The van der Waals surface area contributed by atoms with E-state index < -0.39 is 0 Å². The SMILES string of the molecule is CC(C)c1ccc(C(=O)N2CCC[C@H](c3ncn[nH]3)C2)c(=O)[nH]1. The van der Waals surface area contributed by atoms with Crippen molar-refractivity contribution in [2.24, 2.45) is 0 Å². The highest BCUT2D eigenvalue weighted by Gasteiger charge is 2.28. The highest BCUT2D eigenvalue weighted by molar-refractivity contribution is 5.94. The summed E-state index contributed by atoms with van der Waals surface area (Å²) in [6, 6.07) is 3.45. The first kappa shape index (κ1) is 15.5. The van der Waals surface area contributed by atoms with Gasteiger partial charge in [-0.15, -0.1) is 0 Å². The van der Waals surface area contributed by atoms with Crippen molar-refractivity contribution >= 4 is 5.91 Å². The van der Waals surface area contributed by atoms with E-state index in [-0.39, 0.29) is 28.9 Å². The first-order chi connectivity index (χ1) is 11.1. The van der Waals surface area contributed by atoms with Gasteiger partial charge in [-0.05, 0) is 30.9 Å². The molecule has 1 saturated heterocycles. The molecule has 2 aromatic heterocycles. The molecule has 23 heavy (non-hydrogen) atoms. The molecular weight excluding hydrogens is 294 g/mol. The van der Waals surface area contributed by atoms with Gasteiger partial charge in [0, 0.05) is 24.7 Å². The Morgan fingerprint density at radius 3 is 2.87 bits per heavy atom. The summed E-state index contributed by atoms with van der Waals surface area (Å²) in [5.41, 5.74) is 0.723. The second kappa shape index (κ2) is 6.36. The number of pyridine rings is 1. The molecule has 0 aliphatic carbocycles. The van der Waals surface area contributed by atoms with E-state index in [1.165, 1.54) is 6.33 Å². The first-order valence-corrected chi connectivity index (χ1v) is 7.94. The molecule has 1 amide bonds. The van der Waals surface area contributed by atoms with E-state index in [0.717, 1.165) is 24.4 Å². The average Bonchev–Trinajstić information content (AvgIpc) is 3.08. The number of nitrogens with one attached hydrogen (secondary N) is 2. The lowest BCUT2D eigenvalue weighted by atomic mass is 9.97. The molecule has 0 bridgehead atoms. The lowest BCUT2D eigenvalue weighted by Gasteiger charge is -2.31. The summed E-state index contributed by atoms with van der Waals surface area (Å²) in [4.78, 5) is 33.6. The van der Waals surface area contributed by atoms with Gasteiger partial charge in [-0.3, -0.25) is 14.7 Å². The predicted molar refractivity (Wildman–Crippen MR) is 85.4 cm³/mol. The monoisotopic (exact) mass is 315 g/mol. The van der Waals surface area contributed by atoms with Gasteiger partial charge in [0.1, 0.15) is 17.7 Å². The summed E-state index contributed by atoms with van der Waals surface area (Å²) in [6.07, 6.45) is 3.33. The van der Waals surface area contributed by atoms with Crippen molar-refractivity contribution in [1.82, 2.24) is 25.1 Å². The highest BCUT2D eigenvalue weighted by Crippen LogP contribution is 2.24. The topological polar surface area (TPSA) is 94.7 Å². The van der Waals surface area contributed by atoms with Crippen LogP contribution < -0.4 is 5.56 Å². The quantitative estimate of drug-likeness (QED) is 0.900. The van der Waals surface area contributed by atoms with Gasteiger partial charge in [0.05, 0.1) is 0 Å². The zero-order valence-corrected chi connectivity index (χ0v) is 13.4. The number of aromatic nitrogens is 4. The van der Waals surface area contributed by atoms with E-state index in [2.05, 4.69) is 20.2 Å². The van der Waals surface area contributed by atoms with Gasteiger partial charge in [-0.25, -0.2) is 4.98 Å². The van der Waals surface area contributed by atoms with Crippen LogP contribution in [-0.4, -0.2) is 44.1 Å². The lowest BCUT2D eigenvalue weighted by molar-refractivity contribution is 0.0702. The van der Waals surface area contributed by atoms with Crippen LogP contribution in [-0.2, 0) is 0 Å². The minimum absolute atomic E-state index is 0.143. The minimum Gasteiger partial charge on any atom is -0.338 e. The fourth-order valence-corrected chi connectivity index (χ4v) is 2.96. The molecule has 7 heteroatoms. The lowest BCUT2D eigenvalue weighted by Crippen LogP contribution is -2.41. The number of carbonyl (C=O) groups excluding carboxylic acids is 1. The van der Waals surface area contributed by atoms with E-state index in [9.17, 15) is 9.59 Å². The number of hydrogen-bond donors (Lipinski definition) is 2. The molecule has 7 nitrogen and oxygen atoms in total. The van der Waals surface area contributed by atoms with Gasteiger partial charge < -0.3 is 9.88 Å². The zero-order chi connectivity index (χ0) is 16.4. The number of rotatable bonds is 3. The number of likely N-dealkylation sites (tertiary alicyclic amines) is 1. The largest absolute Gasteiger partial charge is 0.338 e. The van der Waals surface area contributed by atoms with Crippen molar-refractivity contribution in [1.29, 1.82) is 0 Å². The Bertz CT molecular complexity index is 735. The molecule has 0 aromatic carbocycles. The van der Waals surface area contributed by atoms with Crippen LogP contribution in [0.1, 0.15) is 60.4 Å². The van der Waals surface area contributed by atoms with Crippen LogP contribution in [0.15, 0.2) is 23.3 Å². The van der Waals surface area contributed by atoms with Crippen molar-refractivity contribution < 1.29 is 4.79 Å². The Labute approximate surface area is 134 Å². The Kier molecular flexibility index (Phi) is 4.27. The van der Waals surface area contributed by atoms with Crippen LogP contribution in [0.25, 0.3) is 0 Å². The molecule has 0 radical (unpaired) electrons. The number of carbonyl (C=O) groups is 1. The fraction of sp³-hybridized carbons (Fsp3) is 0.500. The van der Waals surface area contributed by atoms with Gasteiger partial charge in [0.25, 0.3) is 11.5 Å². The number of piperidine rings is 1. The summed E-state index contributed by atoms with van der Waals surface area (Å²) in [7, 11) is 0. The Hall–Kier alpha value is -2.44. The van der Waals surface area contributed by atoms with Gasteiger partial charge >= 0.3 is 0 Å². The van der Waals surface area contributed by atoms with Crippen molar-refractivity contribution in [2.75, 3.05) is 13.1 Å². The maximum atomic E-state index is 12.7. The fourth-order valence-electron chi connectivity index (χ4n) is 2.96. The normalized spacial score (nSPS) is 18.4. The number of aromatic amines is 2. The van der Waals surface area contributed by atoms with E-state index >= 15 is 0 Å². The number of nitrogens with zero attached hydrogens (tertiary/aromatic N) is 3. The molecule has 1 aliphatic heterocycles. The molecule has 0 saturated carbocycles. The van der Waals surface area contributed by atoms with Crippen molar-refractivity contribution in [3.63, 3.8) is 0 Å². The van der Waals surface area contributed by atoms with E-state index in [1.54, 1.807) is 11.0 Å². The van der Waals surface area contributed by atoms with E-state index in [4.69, 9.17) is 0 Å². The molecule has 0 unspecified atom stereocenters. The molecule has 1 aliphatic rings. The molecule has 2 aromatic rings. The zero-order valence-electron chi connectivity index (χ0n) is 13.4.